The highest BCUT2D eigenvalue weighted by atomic mass is 15.1. The molecule has 0 aliphatic carbocycles. The molecule has 0 bridgehead atoms. The van der Waals surface area contributed by atoms with E-state index >= 15 is 0 Å². The minimum atomic E-state index is 0.754. The second kappa shape index (κ2) is 3.84. The molecule has 5 nitrogen and oxygen atoms in total. The normalized spacial score (nSPS) is 11.4. The van der Waals surface area contributed by atoms with Gasteiger partial charge in [-0.15, -0.1) is 0 Å². The first kappa shape index (κ1) is 11.0. The van der Waals surface area contributed by atoms with Crippen LogP contribution in [0.4, 0.5) is 5.69 Å². The summed E-state index contributed by atoms with van der Waals surface area (Å²) in [5.41, 5.74) is 10.4. The number of hydrogen-bond acceptors (Lipinski definition) is 3. The number of H-pyrrole nitrogens is 1. The Kier molecular flexibility index (Phi) is 2.12. The molecule has 3 N–H and O–H groups in total. The van der Waals surface area contributed by atoms with Crippen LogP contribution in [0, 0.1) is 6.92 Å². The Morgan fingerprint density at radius 2 is 1.95 bits per heavy atom. The van der Waals surface area contributed by atoms with Crippen molar-refractivity contribution in [2.75, 3.05) is 5.73 Å². The summed E-state index contributed by atoms with van der Waals surface area (Å²) in [6, 6.07) is 9.83. The molecule has 98 valence electrons. The van der Waals surface area contributed by atoms with Crippen LogP contribution in [0.15, 0.2) is 42.7 Å². The van der Waals surface area contributed by atoms with Gasteiger partial charge < -0.3 is 10.7 Å². The van der Waals surface area contributed by atoms with E-state index in [2.05, 4.69) is 19.5 Å². The highest BCUT2D eigenvalue weighted by Crippen LogP contribution is 2.27. The van der Waals surface area contributed by atoms with E-state index in [1.165, 1.54) is 0 Å². The molecule has 20 heavy (non-hydrogen) atoms. The van der Waals surface area contributed by atoms with Gasteiger partial charge in [0.15, 0.2) is 0 Å². The summed E-state index contributed by atoms with van der Waals surface area (Å²) in [6.07, 6.45) is 3.70. The molecule has 1 aromatic carbocycles. The second-order valence-electron chi connectivity index (χ2n) is 4.82. The summed E-state index contributed by atoms with van der Waals surface area (Å²) in [5.74, 6) is 0.931. The first-order chi connectivity index (χ1) is 9.74. The molecule has 0 fully saturated rings. The van der Waals surface area contributed by atoms with Crippen LogP contribution >= 0.6 is 0 Å². The zero-order valence-electron chi connectivity index (χ0n) is 11.0. The summed E-state index contributed by atoms with van der Waals surface area (Å²) in [6.45, 7) is 1.99. The van der Waals surface area contributed by atoms with Crippen LogP contribution in [-0.2, 0) is 0 Å². The molecule has 0 aliphatic rings. The number of benzene rings is 1. The Hall–Kier alpha value is -2.82. The molecule has 0 aliphatic heterocycles. The fourth-order valence-corrected chi connectivity index (χ4v) is 2.63. The molecule has 0 spiro atoms. The molecule has 4 aromatic rings. The number of nitrogens with one attached hydrogen (secondary N) is 1. The maximum absolute atomic E-state index is 5.76. The van der Waals surface area contributed by atoms with Gasteiger partial charge in [-0.25, -0.2) is 9.97 Å². The monoisotopic (exact) mass is 263 g/mol. The minimum absolute atomic E-state index is 0.754. The maximum Gasteiger partial charge on any atom is 0.139 e. The standard InChI is InChI=1S/C15H13N5/c1-9-19-13-8-18-15-12(6-7-17-15)14(13)20(9)11-4-2-10(16)3-5-11/h2-8H,16H2,1H3,(H,17,18). The topological polar surface area (TPSA) is 72.5 Å². The van der Waals surface area contributed by atoms with Gasteiger partial charge in [-0.3, -0.25) is 4.57 Å². The van der Waals surface area contributed by atoms with E-state index in [0.717, 1.165) is 39.3 Å². The van der Waals surface area contributed by atoms with Crippen LogP contribution in [0.3, 0.4) is 0 Å². The number of anilines is 1. The van der Waals surface area contributed by atoms with Gasteiger partial charge in [0.1, 0.15) is 17.0 Å². The molecule has 0 radical (unpaired) electrons. The van der Waals surface area contributed by atoms with Crippen molar-refractivity contribution in [3.8, 4) is 5.69 Å². The molecule has 5 heteroatoms. The molecule has 0 unspecified atom stereocenters. The number of aromatic amines is 1. The van der Waals surface area contributed by atoms with Crippen molar-refractivity contribution in [3.05, 3.63) is 48.5 Å². The Morgan fingerprint density at radius 1 is 1.15 bits per heavy atom. The predicted molar refractivity (Wildman–Crippen MR) is 79.9 cm³/mol. The Balaban J connectivity index is 2.14. The lowest BCUT2D eigenvalue weighted by molar-refractivity contribution is 1.00. The molecule has 0 saturated carbocycles. The number of imidazole rings is 1. The number of rotatable bonds is 1. The van der Waals surface area contributed by atoms with E-state index in [1.807, 2.05) is 43.5 Å². The van der Waals surface area contributed by atoms with Crippen LogP contribution in [-0.4, -0.2) is 19.5 Å². The molecule has 4 rings (SSSR count). The van der Waals surface area contributed by atoms with E-state index in [1.54, 1.807) is 6.20 Å². The zero-order chi connectivity index (χ0) is 13.7. The fraction of sp³-hybridized carbons (Fsp3) is 0.0667. The smallest absolute Gasteiger partial charge is 0.139 e. The van der Waals surface area contributed by atoms with Crippen molar-refractivity contribution in [1.82, 2.24) is 19.5 Å². The van der Waals surface area contributed by atoms with Gasteiger partial charge in [-0.05, 0) is 37.3 Å². The van der Waals surface area contributed by atoms with Crippen molar-refractivity contribution < 1.29 is 0 Å². The first-order valence-corrected chi connectivity index (χ1v) is 6.41. The fourth-order valence-electron chi connectivity index (χ4n) is 2.63. The maximum atomic E-state index is 5.76. The van der Waals surface area contributed by atoms with E-state index < -0.39 is 0 Å². The number of nitrogen functional groups attached to an aromatic ring is 1. The molecular formula is C15H13N5. The van der Waals surface area contributed by atoms with Gasteiger partial charge in [0.25, 0.3) is 0 Å². The number of nitrogens with two attached hydrogens (primary N) is 1. The second-order valence-corrected chi connectivity index (χ2v) is 4.82. The highest BCUT2D eigenvalue weighted by Gasteiger charge is 2.13. The summed E-state index contributed by atoms with van der Waals surface area (Å²) >= 11 is 0. The van der Waals surface area contributed by atoms with Crippen molar-refractivity contribution in [2.24, 2.45) is 0 Å². The van der Waals surface area contributed by atoms with Crippen molar-refractivity contribution in [3.63, 3.8) is 0 Å². The third-order valence-corrected chi connectivity index (χ3v) is 3.52. The number of pyridine rings is 1. The summed E-state index contributed by atoms with van der Waals surface area (Å²) in [4.78, 5) is 12.1. The summed E-state index contributed by atoms with van der Waals surface area (Å²) in [5, 5.41) is 1.07. The Bertz CT molecular complexity index is 915. The molecule has 0 amide bonds. The van der Waals surface area contributed by atoms with Gasteiger partial charge in [0, 0.05) is 23.0 Å². The minimum Gasteiger partial charge on any atom is -0.399 e. The number of hydrogen-bond donors (Lipinski definition) is 2. The Labute approximate surface area is 115 Å². The number of aryl methyl sites for hydroxylation is 1. The van der Waals surface area contributed by atoms with Gasteiger partial charge in [-0.2, -0.15) is 0 Å². The van der Waals surface area contributed by atoms with E-state index in [4.69, 9.17) is 5.73 Å². The van der Waals surface area contributed by atoms with Crippen LogP contribution in [0.1, 0.15) is 5.82 Å². The lowest BCUT2D eigenvalue weighted by Gasteiger charge is -2.07. The van der Waals surface area contributed by atoms with Gasteiger partial charge >= 0.3 is 0 Å². The first-order valence-electron chi connectivity index (χ1n) is 6.41. The predicted octanol–water partition coefficient (Wildman–Crippen LogP) is 2.79. The molecule has 3 aromatic heterocycles. The summed E-state index contributed by atoms with van der Waals surface area (Å²) < 4.78 is 2.13. The largest absolute Gasteiger partial charge is 0.399 e. The van der Waals surface area contributed by atoms with E-state index in [9.17, 15) is 0 Å². The average molecular weight is 263 g/mol. The molecule has 0 saturated heterocycles. The average Bonchev–Trinajstić information content (AvgIpc) is 3.02. The lowest BCUT2D eigenvalue weighted by atomic mass is 10.2. The van der Waals surface area contributed by atoms with Crippen LogP contribution in [0.25, 0.3) is 27.8 Å². The van der Waals surface area contributed by atoms with E-state index in [0.29, 0.717) is 0 Å². The Morgan fingerprint density at radius 3 is 2.75 bits per heavy atom. The third kappa shape index (κ3) is 1.43. The number of aromatic nitrogens is 4. The van der Waals surface area contributed by atoms with Gasteiger partial charge in [0.2, 0.25) is 0 Å². The van der Waals surface area contributed by atoms with Crippen molar-refractivity contribution in [2.45, 2.75) is 6.92 Å². The third-order valence-electron chi connectivity index (χ3n) is 3.52. The number of nitrogens with zero attached hydrogens (tertiary/aromatic N) is 3. The number of fused-ring (bicyclic) bond motifs is 3. The molecular weight excluding hydrogens is 250 g/mol. The van der Waals surface area contributed by atoms with Gasteiger partial charge in [0.05, 0.1) is 11.7 Å². The molecule has 0 atom stereocenters. The van der Waals surface area contributed by atoms with Crippen LogP contribution in [0.5, 0.6) is 0 Å². The van der Waals surface area contributed by atoms with E-state index in [-0.39, 0.29) is 0 Å². The zero-order valence-corrected chi connectivity index (χ0v) is 11.0. The quantitative estimate of drug-likeness (QED) is 0.519. The van der Waals surface area contributed by atoms with Crippen molar-refractivity contribution in [1.29, 1.82) is 0 Å². The summed E-state index contributed by atoms with van der Waals surface area (Å²) in [7, 11) is 0. The van der Waals surface area contributed by atoms with Gasteiger partial charge in [-0.1, -0.05) is 0 Å². The SMILES string of the molecule is Cc1nc2cnc3[nH]ccc3c2n1-c1ccc(N)cc1. The van der Waals surface area contributed by atoms with Crippen LogP contribution < -0.4 is 5.73 Å². The van der Waals surface area contributed by atoms with Crippen LogP contribution in [0.2, 0.25) is 0 Å². The lowest BCUT2D eigenvalue weighted by Crippen LogP contribution is -1.97. The van der Waals surface area contributed by atoms with Crippen molar-refractivity contribution >= 4 is 27.8 Å². The highest BCUT2D eigenvalue weighted by molar-refractivity contribution is 6.02. The molecule has 3 heterocycles.